The number of hydrogen-bond donors (Lipinski definition) is 2. The summed E-state index contributed by atoms with van der Waals surface area (Å²) in [4.78, 5) is 19.7. The maximum Gasteiger partial charge on any atom is 0.241 e. The second-order valence-electron chi connectivity index (χ2n) is 7.97. The molecule has 1 aromatic carbocycles. The van der Waals surface area contributed by atoms with Crippen LogP contribution in [0.1, 0.15) is 32.6 Å². The van der Waals surface area contributed by atoms with Gasteiger partial charge < -0.3 is 19.9 Å². The molecule has 0 fully saturated rings. The van der Waals surface area contributed by atoms with E-state index in [4.69, 9.17) is 15.5 Å². The number of nitrogens with zero attached hydrogens (tertiary/aromatic N) is 3. The van der Waals surface area contributed by atoms with Crippen LogP contribution in [0.2, 0.25) is 0 Å². The number of fused-ring (bicyclic) bond motifs is 1. The summed E-state index contributed by atoms with van der Waals surface area (Å²) < 4.78 is 7.64. The van der Waals surface area contributed by atoms with Crippen molar-refractivity contribution in [1.29, 1.82) is 0 Å². The zero-order chi connectivity index (χ0) is 19.8. The van der Waals surface area contributed by atoms with E-state index in [1.807, 2.05) is 35.4 Å². The summed E-state index contributed by atoms with van der Waals surface area (Å²) in [6.45, 7) is 7.66. The van der Waals surface area contributed by atoms with E-state index < -0.39 is 6.04 Å². The summed E-state index contributed by atoms with van der Waals surface area (Å²) in [6, 6.07) is 7.07. The largest absolute Gasteiger partial charge is 0.496 e. The number of methoxy groups -OCH3 is 1. The highest BCUT2D eigenvalue weighted by molar-refractivity contribution is 7.80. The van der Waals surface area contributed by atoms with E-state index in [1.165, 1.54) is 0 Å². The van der Waals surface area contributed by atoms with Crippen LogP contribution in [-0.4, -0.2) is 45.8 Å². The predicted molar refractivity (Wildman–Crippen MR) is 110 cm³/mol. The second-order valence-corrected chi connectivity index (χ2v) is 8.33. The maximum absolute atomic E-state index is 12.9. The molecule has 3 rings (SSSR count). The summed E-state index contributed by atoms with van der Waals surface area (Å²) in [7, 11) is 1.66. The highest BCUT2D eigenvalue weighted by atomic mass is 32.1. The average molecular weight is 389 g/mol. The maximum atomic E-state index is 12.9. The standard InChI is InChI=1S/C20H28N4O2S/c1-20(2,3)17-18-22-15(13-7-5-6-8-16(13)26-4)11-23(18)9-10-24(17)19(25)14(21)12-27/h5-8,11,14,17,27H,9-10,12,21H2,1-4H3/t14-,17-/m1/s1. The first-order valence-corrected chi connectivity index (χ1v) is 9.78. The Morgan fingerprint density at radius 3 is 2.70 bits per heavy atom. The number of carbonyl (C=O) groups is 1. The minimum absolute atomic E-state index is 0.0713. The molecule has 1 aromatic heterocycles. The van der Waals surface area contributed by atoms with Gasteiger partial charge in [0.2, 0.25) is 5.91 Å². The van der Waals surface area contributed by atoms with Crippen molar-refractivity contribution in [1.82, 2.24) is 14.5 Å². The van der Waals surface area contributed by atoms with Gasteiger partial charge in [0.1, 0.15) is 11.6 Å². The van der Waals surface area contributed by atoms with Gasteiger partial charge in [-0.1, -0.05) is 32.9 Å². The first kappa shape index (κ1) is 19.8. The fourth-order valence-electron chi connectivity index (χ4n) is 3.68. The van der Waals surface area contributed by atoms with Crippen molar-refractivity contribution in [2.24, 2.45) is 11.1 Å². The third-order valence-electron chi connectivity index (χ3n) is 4.95. The van der Waals surface area contributed by atoms with Crippen molar-refractivity contribution >= 4 is 18.5 Å². The molecular weight excluding hydrogens is 360 g/mol. The lowest BCUT2D eigenvalue weighted by atomic mass is 9.83. The van der Waals surface area contributed by atoms with Crippen molar-refractivity contribution in [3.05, 3.63) is 36.3 Å². The SMILES string of the molecule is COc1ccccc1-c1cn2c(n1)[C@H](C(C)(C)C)N(C(=O)[C@H](N)CS)CC2. The Morgan fingerprint density at radius 1 is 1.37 bits per heavy atom. The highest BCUT2D eigenvalue weighted by Crippen LogP contribution is 2.41. The summed E-state index contributed by atoms with van der Waals surface area (Å²) >= 11 is 4.20. The van der Waals surface area contributed by atoms with Crippen molar-refractivity contribution in [2.45, 2.75) is 39.4 Å². The third kappa shape index (κ3) is 3.71. The van der Waals surface area contributed by atoms with Gasteiger partial charge in [0, 0.05) is 30.6 Å². The van der Waals surface area contributed by atoms with Gasteiger partial charge in [0.15, 0.2) is 0 Å². The molecule has 1 amide bonds. The molecule has 2 N–H and O–H groups in total. The van der Waals surface area contributed by atoms with Crippen LogP contribution in [0.15, 0.2) is 30.5 Å². The van der Waals surface area contributed by atoms with Gasteiger partial charge in [-0.25, -0.2) is 4.98 Å². The monoisotopic (exact) mass is 388 g/mol. The third-order valence-corrected chi connectivity index (χ3v) is 5.34. The van der Waals surface area contributed by atoms with Gasteiger partial charge in [-0.3, -0.25) is 4.79 Å². The molecular formula is C20H28N4O2S. The van der Waals surface area contributed by atoms with Crippen LogP contribution in [0.3, 0.4) is 0 Å². The molecule has 0 radical (unpaired) electrons. The Balaban J connectivity index is 2.06. The number of hydrogen-bond acceptors (Lipinski definition) is 5. The minimum Gasteiger partial charge on any atom is -0.496 e. The molecule has 1 aliphatic rings. The summed E-state index contributed by atoms with van der Waals surface area (Å²) in [5.74, 6) is 1.92. The quantitative estimate of drug-likeness (QED) is 0.790. The Kier molecular flexibility index (Phi) is 5.53. The van der Waals surface area contributed by atoms with Crippen LogP contribution in [0.5, 0.6) is 5.75 Å². The summed E-state index contributed by atoms with van der Waals surface area (Å²) in [5, 5.41) is 0. The second kappa shape index (κ2) is 7.56. The lowest BCUT2D eigenvalue weighted by molar-refractivity contribution is -0.138. The predicted octanol–water partition coefficient (Wildman–Crippen LogP) is 2.75. The molecule has 0 aliphatic carbocycles. The van der Waals surface area contributed by atoms with Crippen molar-refractivity contribution in [3.8, 4) is 17.0 Å². The first-order valence-electron chi connectivity index (χ1n) is 9.15. The molecule has 2 heterocycles. The van der Waals surface area contributed by atoms with Crippen LogP contribution in [0.4, 0.5) is 0 Å². The number of aromatic nitrogens is 2. The van der Waals surface area contributed by atoms with Crippen LogP contribution in [0.25, 0.3) is 11.3 Å². The van der Waals surface area contributed by atoms with E-state index in [0.717, 1.165) is 22.8 Å². The molecule has 0 bridgehead atoms. The number of carbonyl (C=O) groups excluding carboxylic acids is 1. The zero-order valence-corrected chi connectivity index (χ0v) is 17.2. The van der Waals surface area contributed by atoms with Crippen molar-refractivity contribution in [2.75, 3.05) is 19.4 Å². The summed E-state index contributed by atoms with van der Waals surface area (Å²) in [5.41, 5.74) is 7.60. The average Bonchev–Trinajstić information content (AvgIpc) is 3.08. The van der Waals surface area contributed by atoms with E-state index in [1.54, 1.807) is 7.11 Å². The fourth-order valence-corrected chi connectivity index (χ4v) is 3.84. The normalized spacial score (nSPS) is 18.1. The number of rotatable bonds is 4. The van der Waals surface area contributed by atoms with E-state index in [2.05, 4.69) is 38.0 Å². The molecule has 2 atom stereocenters. The van der Waals surface area contributed by atoms with Crippen LogP contribution in [0, 0.1) is 5.41 Å². The molecule has 6 nitrogen and oxygen atoms in total. The zero-order valence-electron chi connectivity index (χ0n) is 16.3. The molecule has 2 aromatic rings. The Bertz CT molecular complexity index is 828. The molecule has 0 saturated carbocycles. The Hall–Kier alpha value is -1.99. The number of amides is 1. The van der Waals surface area contributed by atoms with Gasteiger partial charge >= 0.3 is 0 Å². The molecule has 7 heteroatoms. The number of ether oxygens (including phenoxy) is 1. The molecule has 0 saturated heterocycles. The molecule has 0 unspecified atom stereocenters. The van der Waals surface area contributed by atoms with Gasteiger partial charge in [0.25, 0.3) is 0 Å². The van der Waals surface area contributed by atoms with Crippen molar-refractivity contribution in [3.63, 3.8) is 0 Å². The van der Waals surface area contributed by atoms with Gasteiger partial charge in [-0.15, -0.1) is 0 Å². The first-order chi connectivity index (χ1) is 12.8. The molecule has 146 valence electrons. The van der Waals surface area contributed by atoms with E-state index >= 15 is 0 Å². The van der Waals surface area contributed by atoms with Crippen LogP contribution < -0.4 is 10.5 Å². The smallest absolute Gasteiger partial charge is 0.241 e. The molecule has 0 spiro atoms. The number of imidazole rings is 1. The number of para-hydroxylation sites is 1. The van der Waals surface area contributed by atoms with Crippen LogP contribution >= 0.6 is 12.6 Å². The van der Waals surface area contributed by atoms with Gasteiger partial charge in [-0.05, 0) is 17.5 Å². The lowest BCUT2D eigenvalue weighted by Gasteiger charge is -2.43. The number of benzene rings is 1. The minimum atomic E-state index is -0.603. The van der Waals surface area contributed by atoms with Crippen molar-refractivity contribution < 1.29 is 9.53 Å². The Morgan fingerprint density at radius 2 is 2.07 bits per heavy atom. The lowest BCUT2D eigenvalue weighted by Crippen LogP contribution is -2.53. The fraction of sp³-hybridized carbons (Fsp3) is 0.500. The topological polar surface area (TPSA) is 73.4 Å². The summed E-state index contributed by atoms with van der Waals surface area (Å²) in [6.07, 6.45) is 2.05. The number of nitrogens with two attached hydrogens (primary N) is 1. The van der Waals surface area contributed by atoms with Gasteiger partial charge in [-0.2, -0.15) is 12.6 Å². The molecule has 1 aliphatic heterocycles. The van der Waals surface area contributed by atoms with E-state index in [0.29, 0.717) is 18.8 Å². The number of thiol groups is 1. The molecule has 27 heavy (non-hydrogen) atoms. The van der Waals surface area contributed by atoms with E-state index in [-0.39, 0.29) is 17.4 Å². The van der Waals surface area contributed by atoms with Gasteiger partial charge in [0.05, 0.1) is 24.9 Å². The Labute approximate surface area is 166 Å². The van der Waals surface area contributed by atoms with E-state index in [9.17, 15) is 4.79 Å². The van der Waals surface area contributed by atoms with Crippen LogP contribution in [-0.2, 0) is 11.3 Å². The highest BCUT2D eigenvalue weighted by Gasteiger charge is 2.41.